The lowest BCUT2D eigenvalue weighted by atomic mass is 10.2. The van der Waals surface area contributed by atoms with Gasteiger partial charge >= 0.3 is 0 Å². The molecule has 0 saturated carbocycles. The summed E-state index contributed by atoms with van der Waals surface area (Å²) in [6.07, 6.45) is 2.70. The summed E-state index contributed by atoms with van der Waals surface area (Å²) in [5.74, 6) is 1.42. The molecule has 25 heavy (non-hydrogen) atoms. The van der Waals surface area contributed by atoms with Gasteiger partial charge in [0.2, 0.25) is 5.91 Å². The summed E-state index contributed by atoms with van der Waals surface area (Å²) >= 11 is 1.39. The van der Waals surface area contributed by atoms with Crippen molar-refractivity contribution in [3.05, 3.63) is 36.9 Å². The van der Waals surface area contributed by atoms with Crippen LogP contribution in [-0.4, -0.2) is 39.6 Å². The summed E-state index contributed by atoms with van der Waals surface area (Å²) in [6, 6.07) is 7.66. The number of thioether (sulfide) groups is 1. The number of ether oxygens (including phenoxy) is 1. The van der Waals surface area contributed by atoms with Crippen LogP contribution in [0.1, 0.15) is 20.3 Å². The van der Waals surface area contributed by atoms with Crippen molar-refractivity contribution in [3.8, 4) is 17.1 Å². The molecule has 2 rings (SSSR count). The van der Waals surface area contributed by atoms with Gasteiger partial charge in [-0.05, 0) is 25.5 Å². The highest BCUT2D eigenvalue weighted by Gasteiger charge is 2.21. The van der Waals surface area contributed by atoms with Crippen molar-refractivity contribution in [2.75, 3.05) is 13.7 Å². The van der Waals surface area contributed by atoms with Crippen LogP contribution in [0.25, 0.3) is 11.4 Å². The number of nitrogens with zero attached hydrogens (tertiary/aromatic N) is 3. The molecule has 1 N–H and O–H groups in total. The van der Waals surface area contributed by atoms with E-state index in [1.807, 2.05) is 42.7 Å². The van der Waals surface area contributed by atoms with Gasteiger partial charge in [-0.15, -0.1) is 16.8 Å². The van der Waals surface area contributed by atoms with Gasteiger partial charge in [0.05, 0.1) is 17.9 Å². The van der Waals surface area contributed by atoms with E-state index in [1.54, 1.807) is 13.2 Å². The number of amides is 1. The zero-order chi connectivity index (χ0) is 18.2. The molecule has 1 aromatic carbocycles. The number of methoxy groups -OCH3 is 1. The summed E-state index contributed by atoms with van der Waals surface area (Å²) in [7, 11) is 1.63. The summed E-state index contributed by atoms with van der Waals surface area (Å²) in [5, 5.41) is 11.9. The Kier molecular flexibility index (Phi) is 7.06. The lowest BCUT2D eigenvalue weighted by Gasteiger charge is -2.13. The van der Waals surface area contributed by atoms with Crippen molar-refractivity contribution in [3.63, 3.8) is 0 Å². The largest absolute Gasteiger partial charge is 0.496 e. The van der Waals surface area contributed by atoms with Gasteiger partial charge in [-0.1, -0.05) is 36.9 Å². The van der Waals surface area contributed by atoms with Gasteiger partial charge in [-0.25, -0.2) is 0 Å². The summed E-state index contributed by atoms with van der Waals surface area (Å²) < 4.78 is 7.37. The maximum absolute atomic E-state index is 12.1. The van der Waals surface area contributed by atoms with Crippen molar-refractivity contribution in [1.29, 1.82) is 0 Å². The topological polar surface area (TPSA) is 69.0 Å². The first-order valence-electron chi connectivity index (χ1n) is 8.24. The Balaban J connectivity index is 2.30. The number of hydrogen-bond donors (Lipinski definition) is 1. The third-order valence-corrected chi connectivity index (χ3v) is 4.66. The predicted molar refractivity (Wildman–Crippen MR) is 101 cm³/mol. The molecule has 2 aromatic rings. The lowest BCUT2D eigenvalue weighted by molar-refractivity contribution is -0.120. The van der Waals surface area contributed by atoms with Crippen LogP contribution in [0.3, 0.4) is 0 Å². The summed E-state index contributed by atoms with van der Waals surface area (Å²) in [5.41, 5.74) is 0.856. The molecular formula is C18H24N4O2S. The Bertz CT molecular complexity index is 730. The van der Waals surface area contributed by atoms with Crippen LogP contribution in [0.5, 0.6) is 5.75 Å². The molecule has 0 bridgehead atoms. The van der Waals surface area contributed by atoms with E-state index in [2.05, 4.69) is 22.1 Å². The zero-order valence-electron chi connectivity index (χ0n) is 14.9. The van der Waals surface area contributed by atoms with E-state index in [0.29, 0.717) is 24.1 Å². The van der Waals surface area contributed by atoms with Gasteiger partial charge in [0.25, 0.3) is 0 Å². The van der Waals surface area contributed by atoms with Crippen molar-refractivity contribution in [2.45, 2.75) is 37.2 Å². The van der Waals surface area contributed by atoms with E-state index in [4.69, 9.17) is 4.74 Å². The van der Waals surface area contributed by atoms with Crippen molar-refractivity contribution >= 4 is 17.7 Å². The lowest BCUT2D eigenvalue weighted by Crippen LogP contribution is -2.31. The number of carbonyl (C=O) groups excluding carboxylic acids is 1. The predicted octanol–water partition coefficient (Wildman–Crippen LogP) is 3.15. The van der Waals surface area contributed by atoms with E-state index in [1.165, 1.54) is 11.8 Å². The Morgan fingerprint density at radius 3 is 2.88 bits per heavy atom. The van der Waals surface area contributed by atoms with E-state index < -0.39 is 0 Å². The van der Waals surface area contributed by atoms with Gasteiger partial charge in [-0.3, -0.25) is 9.36 Å². The number of allylic oxidation sites excluding steroid dienone is 1. The van der Waals surface area contributed by atoms with Crippen LogP contribution in [0.15, 0.2) is 42.1 Å². The first-order chi connectivity index (χ1) is 12.1. The van der Waals surface area contributed by atoms with E-state index in [0.717, 1.165) is 17.7 Å². The normalized spacial score (nSPS) is 11.8. The maximum atomic E-state index is 12.1. The van der Waals surface area contributed by atoms with E-state index >= 15 is 0 Å². The van der Waals surface area contributed by atoms with E-state index in [9.17, 15) is 4.79 Å². The second-order valence-electron chi connectivity index (χ2n) is 5.46. The van der Waals surface area contributed by atoms with Crippen LogP contribution in [0.4, 0.5) is 0 Å². The summed E-state index contributed by atoms with van der Waals surface area (Å²) in [4.78, 5) is 12.1. The molecule has 1 amide bonds. The minimum atomic E-state index is -0.259. The van der Waals surface area contributed by atoms with Gasteiger partial charge < -0.3 is 10.1 Å². The zero-order valence-corrected chi connectivity index (χ0v) is 15.7. The monoisotopic (exact) mass is 360 g/mol. The molecule has 0 fully saturated rings. The molecule has 0 spiro atoms. The van der Waals surface area contributed by atoms with Crippen LogP contribution >= 0.6 is 11.8 Å². The molecular weight excluding hydrogens is 336 g/mol. The summed E-state index contributed by atoms with van der Waals surface area (Å²) in [6.45, 7) is 8.93. The molecule has 0 radical (unpaired) electrons. The molecule has 0 aliphatic rings. The maximum Gasteiger partial charge on any atom is 0.233 e. The van der Waals surface area contributed by atoms with Crippen LogP contribution < -0.4 is 10.1 Å². The highest BCUT2D eigenvalue weighted by atomic mass is 32.2. The fourth-order valence-electron chi connectivity index (χ4n) is 2.30. The number of carbonyl (C=O) groups is 1. The van der Waals surface area contributed by atoms with Crippen LogP contribution in [0.2, 0.25) is 0 Å². The van der Waals surface area contributed by atoms with Crippen molar-refractivity contribution in [2.24, 2.45) is 0 Å². The smallest absolute Gasteiger partial charge is 0.233 e. The van der Waals surface area contributed by atoms with Crippen LogP contribution in [-0.2, 0) is 11.3 Å². The van der Waals surface area contributed by atoms with Gasteiger partial charge in [0, 0.05) is 13.1 Å². The first kappa shape index (κ1) is 19.1. The minimum absolute atomic E-state index is 0.00107. The average Bonchev–Trinajstić information content (AvgIpc) is 3.02. The molecule has 1 aromatic heterocycles. The third-order valence-electron chi connectivity index (χ3n) is 3.58. The van der Waals surface area contributed by atoms with E-state index in [-0.39, 0.29) is 11.2 Å². The number of para-hydroxylation sites is 1. The Morgan fingerprint density at radius 1 is 1.44 bits per heavy atom. The number of aromatic nitrogens is 3. The Hall–Kier alpha value is -2.28. The Labute approximate surface area is 152 Å². The molecule has 6 nitrogen and oxygen atoms in total. The highest BCUT2D eigenvalue weighted by Crippen LogP contribution is 2.32. The fourth-order valence-corrected chi connectivity index (χ4v) is 3.18. The molecule has 0 aliphatic heterocycles. The van der Waals surface area contributed by atoms with Gasteiger partial charge in [0.1, 0.15) is 5.75 Å². The molecule has 0 unspecified atom stereocenters. The van der Waals surface area contributed by atoms with Crippen LogP contribution in [0, 0.1) is 0 Å². The standard InChI is InChI=1S/C18H24N4O2S/c1-5-11-19-17(23)13(3)25-18-21-20-16(22(18)12-6-2)14-9-7-8-10-15(14)24-4/h6-10,13H,2,5,11-12H2,1,3-4H3,(H,19,23)/t13-/m0/s1. The number of benzene rings is 1. The van der Waals surface area contributed by atoms with Gasteiger partial charge in [-0.2, -0.15) is 0 Å². The fraction of sp³-hybridized carbons (Fsp3) is 0.389. The number of hydrogen-bond acceptors (Lipinski definition) is 5. The molecule has 0 aliphatic carbocycles. The number of nitrogens with one attached hydrogen (secondary N) is 1. The second kappa shape index (κ2) is 9.27. The molecule has 7 heteroatoms. The number of rotatable bonds is 9. The molecule has 134 valence electrons. The molecule has 1 heterocycles. The minimum Gasteiger partial charge on any atom is -0.496 e. The average molecular weight is 360 g/mol. The van der Waals surface area contributed by atoms with Gasteiger partial charge in [0.15, 0.2) is 11.0 Å². The Morgan fingerprint density at radius 2 is 2.20 bits per heavy atom. The highest BCUT2D eigenvalue weighted by molar-refractivity contribution is 8.00. The second-order valence-corrected chi connectivity index (χ2v) is 6.76. The SMILES string of the molecule is C=CCn1c(S[C@@H](C)C(=O)NCCC)nnc1-c1ccccc1OC. The van der Waals surface area contributed by atoms with Crippen molar-refractivity contribution in [1.82, 2.24) is 20.1 Å². The first-order valence-corrected chi connectivity index (χ1v) is 9.12. The molecule has 0 saturated heterocycles. The van der Waals surface area contributed by atoms with Crippen molar-refractivity contribution < 1.29 is 9.53 Å². The quantitative estimate of drug-likeness (QED) is 0.549. The third kappa shape index (κ3) is 4.63. The molecule has 1 atom stereocenters.